The van der Waals surface area contributed by atoms with E-state index in [-0.39, 0.29) is 11.2 Å². The molecule has 0 atom stereocenters. The van der Waals surface area contributed by atoms with E-state index in [1.54, 1.807) is 0 Å². The third-order valence-corrected chi connectivity index (χ3v) is 4.43. The maximum atomic E-state index is 11.9. The Kier molecular flexibility index (Phi) is 2.15. The minimum atomic E-state index is -0.311. The van der Waals surface area contributed by atoms with Gasteiger partial charge in [-0.15, -0.1) is 0 Å². The number of ketones is 1. The van der Waals surface area contributed by atoms with Gasteiger partial charge in [-0.05, 0) is 25.7 Å². The van der Waals surface area contributed by atoms with Gasteiger partial charge in [-0.2, -0.15) is 0 Å². The number of hydrogen-bond acceptors (Lipinski definition) is 3. The van der Waals surface area contributed by atoms with E-state index in [0.717, 1.165) is 58.2 Å². The van der Waals surface area contributed by atoms with E-state index < -0.39 is 0 Å². The van der Waals surface area contributed by atoms with E-state index in [2.05, 4.69) is 0 Å². The second-order valence-electron chi connectivity index (χ2n) is 5.16. The van der Waals surface area contributed by atoms with Gasteiger partial charge in [0, 0.05) is 24.7 Å². The van der Waals surface area contributed by atoms with Gasteiger partial charge in [0.05, 0.1) is 13.2 Å². The summed E-state index contributed by atoms with van der Waals surface area (Å²) >= 11 is 0. The van der Waals surface area contributed by atoms with Crippen LogP contribution >= 0.6 is 0 Å². The van der Waals surface area contributed by atoms with Crippen LogP contribution in [0, 0.1) is 5.41 Å². The second kappa shape index (κ2) is 3.29. The van der Waals surface area contributed by atoms with Crippen molar-refractivity contribution in [3.05, 3.63) is 0 Å². The van der Waals surface area contributed by atoms with E-state index in [1.807, 2.05) is 0 Å². The Bertz CT molecular complexity index is 269. The van der Waals surface area contributed by atoms with Gasteiger partial charge in [0.25, 0.3) is 0 Å². The largest absolute Gasteiger partial charge is 0.348 e. The molecule has 1 heterocycles. The van der Waals surface area contributed by atoms with Crippen molar-refractivity contribution in [3.8, 4) is 0 Å². The average molecular weight is 210 g/mol. The van der Waals surface area contributed by atoms with Gasteiger partial charge in [-0.3, -0.25) is 4.79 Å². The Hall–Kier alpha value is -0.410. The standard InChI is InChI=1S/C12H18O3/c13-10-2-1-3-11(10)4-6-12(7-5-11)14-8-9-15-12/h1-9H2. The molecule has 2 spiro atoms. The molecule has 2 saturated carbocycles. The Morgan fingerprint density at radius 1 is 0.933 bits per heavy atom. The lowest BCUT2D eigenvalue weighted by atomic mass is 9.70. The van der Waals surface area contributed by atoms with Gasteiger partial charge in [0.2, 0.25) is 0 Å². The number of rotatable bonds is 0. The molecule has 3 fully saturated rings. The summed E-state index contributed by atoms with van der Waals surface area (Å²) in [6.45, 7) is 1.45. The molecule has 2 aliphatic carbocycles. The van der Waals surface area contributed by atoms with Gasteiger partial charge in [0.15, 0.2) is 5.79 Å². The quantitative estimate of drug-likeness (QED) is 0.613. The first-order valence-corrected chi connectivity index (χ1v) is 6.06. The van der Waals surface area contributed by atoms with Crippen LogP contribution in [0.4, 0.5) is 0 Å². The van der Waals surface area contributed by atoms with Crippen molar-refractivity contribution >= 4 is 5.78 Å². The van der Waals surface area contributed by atoms with Crippen LogP contribution in [0.3, 0.4) is 0 Å². The summed E-state index contributed by atoms with van der Waals surface area (Å²) < 4.78 is 11.4. The number of ether oxygens (including phenoxy) is 2. The van der Waals surface area contributed by atoms with Crippen molar-refractivity contribution in [2.45, 2.75) is 50.7 Å². The van der Waals surface area contributed by atoms with Crippen LogP contribution < -0.4 is 0 Å². The van der Waals surface area contributed by atoms with Crippen LogP contribution in [0.5, 0.6) is 0 Å². The highest BCUT2D eigenvalue weighted by Gasteiger charge is 2.50. The lowest BCUT2D eigenvalue weighted by Crippen LogP contribution is -2.41. The summed E-state index contributed by atoms with van der Waals surface area (Å²) in [5.41, 5.74) is 0.0144. The maximum Gasteiger partial charge on any atom is 0.168 e. The molecule has 3 rings (SSSR count). The van der Waals surface area contributed by atoms with E-state index in [9.17, 15) is 4.79 Å². The monoisotopic (exact) mass is 210 g/mol. The fourth-order valence-electron chi connectivity index (χ4n) is 3.42. The van der Waals surface area contributed by atoms with Crippen molar-refractivity contribution in [2.24, 2.45) is 5.41 Å². The maximum absolute atomic E-state index is 11.9. The smallest absolute Gasteiger partial charge is 0.168 e. The van der Waals surface area contributed by atoms with Crippen LogP contribution in [0.25, 0.3) is 0 Å². The first-order chi connectivity index (χ1) is 7.25. The minimum Gasteiger partial charge on any atom is -0.348 e. The number of carbonyl (C=O) groups excluding carboxylic acids is 1. The molecule has 0 N–H and O–H groups in total. The molecule has 3 nitrogen and oxygen atoms in total. The van der Waals surface area contributed by atoms with E-state index in [0.29, 0.717) is 5.78 Å². The summed E-state index contributed by atoms with van der Waals surface area (Å²) in [4.78, 5) is 11.9. The Morgan fingerprint density at radius 3 is 2.13 bits per heavy atom. The van der Waals surface area contributed by atoms with E-state index in [4.69, 9.17) is 9.47 Å². The highest BCUT2D eigenvalue weighted by atomic mass is 16.7. The van der Waals surface area contributed by atoms with Crippen LogP contribution in [0.15, 0.2) is 0 Å². The minimum absolute atomic E-state index is 0.0144. The molecule has 0 aromatic heterocycles. The molecule has 15 heavy (non-hydrogen) atoms. The number of carbonyl (C=O) groups is 1. The normalized spacial score (nSPS) is 32.9. The zero-order valence-electron chi connectivity index (χ0n) is 9.09. The van der Waals surface area contributed by atoms with Crippen molar-refractivity contribution in [3.63, 3.8) is 0 Å². The summed E-state index contributed by atoms with van der Waals surface area (Å²) in [6, 6.07) is 0. The lowest BCUT2D eigenvalue weighted by Gasteiger charge is -2.40. The van der Waals surface area contributed by atoms with Crippen molar-refractivity contribution in [1.82, 2.24) is 0 Å². The molecular formula is C12H18O3. The van der Waals surface area contributed by atoms with E-state index >= 15 is 0 Å². The van der Waals surface area contributed by atoms with Crippen LogP contribution in [0.1, 0.15) is 44.9 Å². The third kappa shape index (κ3) is 1.44. The zero-order valence-corrected chi connectivity index (χ0v) is 9.09. The van der Waals surface area contributed by atoms with Gasteiger partial charge in [-0.25, -0.2) is 0 Å². The first kappa shape index (κ1) is 9.79. The fraction of sp³-hybridized carbons (Fsp3) is 0.917. The topological polar surface area (TPSA) is 35.5 Å². The lowest BCUT2D eigenvalue weighted by molar-refractivity contribution is -0.191. The Morgan fingerprint density at radius 2 is 1.60 bits per heavy atom. The van der Waals surface area contributed by atoms with Gasteiger partial charge in [0.1, 0.15) is 5.78 Å². The molecule has 0 aromatic rings. The SMILES string of the molecule is O=C1CCCC12CCC1(CC2)OCCO1. The van der Waals surface area contributed by atoms with Gasteiger partial charge < -0.3 is 9.47 Å². The third-order valence-electron chi connectivity index (χ3n) is 4.43. The Balaban J connectivity index is 1.72. The molecule has 0 radical (unpaired) electrons. The summed E-state index contributed by atoms with van der Waals surface area (Å²) in [5.74, 6) is 0.184. The predicted octanol–water partition coefficient (Wildman–Crippen LogP) is 2.04. The van der Waals surface area contributed by atoms with Crippen LogP contribution in [-0.4, -0.2) is 24.8 Å². The number of hydrogen-bond donors (Lipinski definition) is 0. The highest BCUT2D eigenvalue weighted by Crippen LogP contribution is 2.51. The van der Waals surface area contributed by atoms with Gasteiger partial charge in [-0.1, -0.05) is 0 Å². The molecule has 3 heteroatoms. The molecule has 0 amide bonds. The summed E-state index contributed by atoms with van der Waals surface area (Å²) in [6.07, 6.45) is 6.78. The molecule has 0 unspecified atom stereocenters. The first-order valence-electron chi connectivity index (χ1n) is 6.06. The average Bonchev–Trinajstić information content (AvgIpc) is 2.82. The van der Waals surface area contributed by atoms with E-state index in [1.165, 1.54) is 0 Å². The number of Topliss-reactive ketones (excluding diaryl/α,β-unsaturated/α-hetero) is 1. The molecule has 84 valence electrons. The fourth-order valence-corrected chi connectivity index (χ4v) is 3.42. The van der Waals surface area contributed by atoms with Crippen LogP contribution in [-0.2, 0) is 14.3 Å². The molecule has 0 bridgehead atoms. The Labute approximate surface area is 90.1 Å². The predicted molar refractivity (Wildman–Crippen MR) is 54.4 cm³/mol. The molecular weight excluding hydrogens is 192 g/mol. The van der Waals surface area contributed by atoms with Crippen LogP contribution in [0.2, 0.25) is 0 Å². The molecule has 3 aliphatic rings. The van der Waals surface area contributed by atoms with Crippen molar-refractivity contribution in [1.29, 1.82) is 0 Å². The zero-order chi connectivity index (χ0) is 10.4. The summed E-state index contributed by atoms with van der Waals surface area (Å²) in [5, 5.41) is 0. The van der Waals surface area contributed by atoms with Gasteiger partial charge >= 0.3 is 0 Å². The molecule has 1 aliphatic heterocycles. The second-order valence-corrected chi connectivity index (χ2v) is 5.16. The summed E-state index contributed by atoms with van der Waals surface area (Å²) in [7, 11) is 0. The molecule has 0 aromatic carbocycles. The van der Waals surface area contributed by atoms with Crippen molar-refractivity contribution < 1.29 is 14.3 Å². The highest BCUT2D eigenvalue weighted by molar-refractivity contribution is 5.86. The van der Waals surface area contributed by atoms with Crippen molar-refractivity contribution in [2.75, 3.05) is 13.2 Å². The molecule has 1 saturated heterocycles.